The first kappa shape index (κ1) is 28.3. The zero-order valence-corrected chi connectivity index (χ0v) is 29.5. The van der Waals surface area contributed by atoms with Crippen LogP contribution in [0, 0.1) is 6.92 Å². The van der Waals surface area contributed by atoms with Gasteiger partial charge in [0.1, 0.15) is 8.07 Å². The molecule has 4 heterocycles. The average Bonchev–Trinajstić information content (AvgIpc) is 3.16. The standard InChI is InChI=1S/C46H35BN2Si/c1-30-28-34-33-20-14-27-42-44(33)49(39-25-12-13-26-41(39)50(42,2)3)47-37-23-15-22-36-45(37)48(40(29-30)43(34)47)38-24-11-10-21-35(38)46(36,31-16-6-4-7-17-31)32-18-8-5-9-19-32/h4-29H,1-3H3. The maximum atomic E-state index is 2.74. The fraction of sp³-hybridized carbons (Fsp3) is 0.0870. The van der Waals surface area contributed by atoms with Crippen LogP contribution in [0.25, 0.3) is 11.1 Å². The minimum absolute atomic E-state index is 0.0289. The van der Waals surface area contributed by atoms with Gasteiger partial charge in [0.2, 0.25) is 0 Å². The van der Waals surface area contributed by atoms with Crippen LogP contribution in [0.15, 0.2) is 158 Å². The average molecular weight is 655 g/mol. The van der Waals surface area contributed by atoms with Gasteiger partial charge in [0.25, 0.3) is 0 Å². The molecule has 0 N–H and O–H groups in total. The summed E-state index contributed by atoms with van der Waals surface area (Å²) >= 11 is 0. The van der Waals surface area contributed by atoms with Crippen LogP contribution in [0.4, 0.5) is 28.4 Å². The third-order valence-corrected chi connectivity index (χ3v) is 15.6. The predicted octanol–water partition coefficient (Wildman–Crippen LogP) is 8.53. The van der Waals surface area contributed by atoms with Gasteiger partial charge in [-0.05, 0) is 79.8 Å². The number of rotatable bonds is 2. The van der Waals surface area contributed by atoms with Crippen molar-refractivity contribution >= 4 is 64.7 Å². The maximum absolute atomic E-state index is 2.74. The Morgan fingerprint density at radius 3 is 1.90 bits per heavy atom. The molecule has 0 amide bonds. The molecule has 4 aliphatic rings. The summed E-state index contributed by atoms with van der Waals surface area (Å²) < 4.78 is 0. The topological polar surface area (TPSA) is 6.48 Å². The Morgan fingerprint density at radius 2 is 1.14 bits per heavy atom. The van der Waals surface area contributed by atoms with Crippen molar-refractivity contribution in [3.8, 4) is 11.1 Å². The van der Waals surface area contributed by atoms with Crippen molar-refractivity contribution in [2.24, 2.45) is 0 Å². The molecule has 236 valence electrons. The molecule has 0 bridgehead atoms. The zero-order chi connectivity index (χ0) is 33.4. The van der Waals surface area contributed by atoms with Gasteiger partial charge in [-0.25, -0.2) is 0 Å². The van der Waals surface area contributed by atoms with E-state index in [1.165, 1.54) is 88.7 Å². The van der Waals surface area contributed by atoms with E-state index in [2.05, 4.69) is 187 Å². The molecule has 0 fully saturated rings. The lowest BCUT2D eigenvalue weighted by Crippen LogP contribution is -2.69. The number of fused-ring (bicyclic) bond motifs is 8. The Kier molecular flexibility index (Phi) is 5.53. The summed E-state index contributed by atoms with van der Waals surface area (Å²) in [4.78, 5) is 5.36. The second kappa shape index (κ2) is 9.77. The van der Waals surface area contributed by atoms with Crippen molar-refractivity contribution in [2.45, 2.75) is 25.4 Å². The highest BCUT2D eigenvalue weighted by molar-refractivity contribution is 7.05. The van der Waals surface area contributed by atoms with Crippen LogP contribution in [0.1, 0.15) is 27.8 Å². The lowest BCUT2D eigenvalue weighted by atomic mass is 9.42. The molecule has 50 heavy (non-hydrogen) atoms. The van der Waals surface area contributed by atoms with E-state index in [1.54, 1.807) is 0 Å². The van der Waals surface area contributed by atoms with Gasteiger partial charge < -0.3 is 9.71 Å². The molecular weight excluding hydrogens is 619 g/mol. The first-order chi connectivity index (χ1) is 24.5. The van der Waals surface area contributed by atoms with Crippen molar-refractivity contribution in [1.29, 1.82) is 0 Å². The normalized spacial score (nSPS) is 16.1. The Morgan fingerprint density at radius 1 is 0.520 bits per heavy atom. The zero-order valence-electron chi connectivity index (χ0n) is 28.5. The number of nitrogens with zero attached hydrogens (tertiary/aromatic N) is 2. The Labute approximate surface area is 295 Å². The number of aryl methyl sites for hydroxylation is 1. The Hall–Kier alpha value is -5.58. The molecule has 0 aliphatic carbocycles. The molecular formula is C46H35BN2Si. The summed E-state index contributed by atoms with van der Waals surface area (Å²) in [6.07, 6.45) is 0. The summed E-state index contributed by atoms with van der Waals surface area (Å²) in [6, 6.07) is 60.0. The number of benzene rings is 7. The van der Waals surface area contributed by atoms with Crippen LogP contribution in [0.5, 0.6) is 0 Å². The minimum Gasteiger partial charge on any atom is -0.377 e. The van der Waals surface area contributed by atoms with E-state index < -0.39 is 13.5 Å². The van der Waals surface area contributed by atoms with E-state index >= 15 is 0 Å². The van der Waals surface area contributed by atoms with E-state index in [0.717, 1.165) is 0 Å². The largest absolute Gasteiger partial charge is 0.377 e. The van der Waals surface area contributed by atoms with Gasteiger partial charge in [0.05, 0.1) is 11.1 Å². The summed E-state index contributed by atoms with van der Waals surface area (Å²) in [6.45, 7) is 7.38. The van der Waals surface area contributed by atoms with Crippen LogP contribution in [-0.4, -0.2) is 14.9 Å². The van der Waals surface area contributed by atoms with E-state index in [0.29, 0.717) is 0 Å². The van der Waals surface area contributed by atoms with Crippen molar-refractivity contribution in [1.82, 2.24) is 0 Å². The van der Waals surface area contributed by atoms with E-state index in [1.807, 2.05) is 0 Å². The molecule has 7 aromatic carbocycles. The SMILES string of the molecule is Cc1cc2c3c(c1)N1c4ccccc4C(c4ccccc4)(c4ccccc4)c4cccc(c41)B3N1c3ccccc3[Si](C)(C)c3cccc-2c31. The fourth-order valence-electron chi connectivity index (χ4n) is 10.2. The predicted molar refractivity (Wildman–Crippen MR) is 214 cm³/mol. The van der Waals surface area contributed by atoms with Crippen molar-refractivity contribution in [2.75, 3.05) is 9.71 Å². The Bertz CT molecular complexity index is 2520. The molecule has 0 radical (unpaired) electrons. The van der Waals surface area contributed by atoms with Gasteiger partial charge in [-0.3, -0.25) is 0 Å². The van der Waals surface area contributed by atoms with Crippen LogP contribution >= 0.6 is 0 Å². The first-order valence-electron chi connectivity index (χ1n) is 17.8. The summed E-state index contributed by atoms with van der Waals surface area (Å²) in [5, 5.41) is 3.05. The van der Waals surface area contributed by atoms with E-state index in [-0.39, 0.29) is 6.85 Å². The lowest BCUT2D eigenvalue weighted by molar-refractivity contribution is 0.732. The van der Waals surface area contributed by atoms with Crippen molar-refractivity contribution in [3.05, 3.63) is 186 Å². The summed E-state index contributed by atoms with van der Waals surface area (Å²) in [5.74, 6) is 0. The molecule has 0 saturated carbocycles. The number of hydrogen-bond acceptors (Lipinski definition) is 2. The molecule has 0 spiro atoms. The molecule has 7 aromatic rings. The quantitative estimate of drug-likeness (QED) is 0.173. The highest BCUT2D eigenvalue weighted by Crippen LogP contribution is 2.59. The maximum Gasteiger partial charge on any atom is 0.333 e. The molecule has 0 aromatic heterocycles. The van der Waals surface area contributed by atoms with Gasteiger partial charge in [-0.2, -0.15) is 0 Å². The summed E-state index contributed by atoms with van der Waals surface area (Å²) in [5.41, 5.74) is 18.1. The van der Waals surface area contributed by atoms with Gasteiger partial charge in [-0.1, -0.05) is 153 Å². The van der Waals surface area contributed by atoms with Crippen molar-refractivity contribution < 1.29 is 0 Å². The molecule has 11 rings (SSSR count). The molecule has 4 aliphatic heterocycles. The monoisotopic (exact) mass is 654 g/mol. The van der Waals surface area contributed by atoms with Gasteiger partial charge in [0, 0.05) is 28.3 Å². The van der Waals surface area contributed by atoms with Gasteiger partial charge in [0.15, 0.2) is 0 Å². The number of para-hydroxylation sites is 4. The minimum atomic E-state index is -1.98. The van der Waals surface area contributed by atoms with Crippen LogP contribution in [0.2, 0.25) is 13.1 Å². The van der Waals surface area contributed by atoms with E-state index in [9.17, 15) is 0 Å². The molecule has 0 unspecified atom stereocenters. The third kappa shape index (κ3) is 3.30. The van der Waals surface area contributed by atoms with Crippen molar-refractivity contribution in [3.63, 3.8) is 0 Å². The second-order valence-electron chi connectivity index (χ2n) is 14.9. The molecule has 2 nitrogen and oxygen atoms in total. The second-order valence-corrected chi connectivity index (χ2v) is 19.3. The van der Waals surface area contributed by atoms with Crippen LogP contribution < -0.4 is 31.0 Å². The fourth-order valence-corrected chi connectivity index (χ4v) is 13.2. The van der Waals surface area contributed by atoms with Gasteiger partial charge >= 0.3 is 6.85 Å². The third-order valence-electron chi connectivity index (χ3n) is 12.1. The lowest BCUT2D eigenvalue weighted by Gasteiger charge is -2.54. The highest BCUT2D eigenvalue weighted by atomic mass is 28.3. The van der Waals surface area contributed by atoms with Gasteiger partial charge in [-0.15, -0.1) is 0 Å². The smallest absolute Gasteiger partial charge is 0.333 e. The van der Waals surface area contributed by atoms with Crippen LogP contribution in [0.3, 0.4) is 0 Å². The Balaban J connectivity index is 1.33. The first-order valence-corrected chi connectivity index (χ1v) is 20.8. The highest BCUT2D eigenvalue weighted by Gasteiger charge is 2.54. The number of hydrogen-bond donors (Lipinski definition) is 0. The number of anilines is 5. The molecule has 0 atom stereocenters. The molecule has 4 heteroatoms. The van der Waals surface area contributed by atoms with Crippen LogP contribution in [-0.2, 0) is 5.41 Å². The van der Waals surface area contributed by atoms with E-state index in [4.69, 9.17) is 0 Å². The molecule has 0 saturated heterocycles. The summed E-state index contributed by atoms with van der Waals surface area (Å²) in [7, 11) is -1.98.